The zero-order valence-corrected chi connectivity index (χ0v) is 10.3. The number of aromatic nitrogens is 1. The van der Waals surface area contributed by atoms with Gasteiger partial charge in [0.25, 0.3) is 0 Å². The lowest BCUT2D eigenvalue weighted by Crippen LogP contribution is -2.16. The maximum atomic E-state index is 8.97. The van der Waals surface area contributed by atoms with Gasteiger partial charge in [-0.15, -0.1) is 11.3 Å². The van der Waals surface area contributed by atoms with E-state index in [9.17, 15) is 0 Å². The van der Waals surface area contributed by atoms with Gasteiger partial charge in [-0.05, 0) is 26.8 Å². The summed E-state index contributed by atoms with van der Waals surface area (Å²) in [6.07, 6.45) is 1.13. The van der Waals surface area contributed by atoms with Crippen LogP contribution in [0.15, 0.2) is 5.38 Å². The van der Waals surface area contributed by atoms with E-state index in [2.05, 4.69) is 23.3 Å². The Labute approximate surface area is 95.2 Å². The summed E-state index contributed by atoms with van der Waals surface area (Å²) in [6, 6.07) is 2.27. The molecule has 15 heavy (non-hydrogen) atoms. The molecule has 1 rings (SSSR count). The van der Waals surface area contributed by atoms with Crippen LogP contribution >= 0.6 is 11.3 Å². The summed E-state index contributed by atoms with van der Waals surface area (Å²) < 4.78 is 0. The van der Waals surface area contributed by atoms with Gasteiger partial charge in [0.2, 0.25) is 0 Å². The van der Waals surface area contributed by atoms with Crippen molar-refractivity contribution in [1.82, 2.24) is 10.3 Å². The highest BCUT2D eigenvalue weighted by molar-refractivity contribution is 7.09. The van der Waals surface area contributed by atoms with Crippen molar-refractivity contribution < 1.29 is 0 Å². The molecule has 0 aliphatic heterocycles. The maximum absolute atomic E-state index is 8.97. The number of nitriles is 1. The average molecular weight is 223 g/mol. The molecule has 0 bridgehead atoms. The molecule has 0 atom stereocenters. The quantitative estimate of drug-likeness (QED) is 0.780. The molecule has 0 unspecified atom stereocenters. The van der Waals surface area contributed by atoms with Crippen molar-refractivity contribution >= 4 is 11.3 Å². The van der Waals surface area contributed by atoms with Gasteiger partial charge in [-0.3, -0.25) is 0 Å². The summed E-state index contributed by atoms with van der Waals surface area (Å²) in [5.41, 5.74) is 0.569. The van der Waals surface area contributed by atoms with Gasteiger partial charge < -0.3 is 5.32 Å². The van der Waals surface area contributed by atoms with Crippen LogP contribution in [0, 0.1) is 11.3 Å². The largest absolute Gasteiger partial charge is 0.311 e. The fourth-order valence-corrected chi connectivity index (χ4v) is 2.01. The van der Waals surface area contributed by atoms with Crippen LogP contribution in [0.3, 0.4) is 0 Å². The molecule has 1 N–H and O–H groups in total. The summed E-state index contributed by atoms with van der Waals surface area (Å²) in [5, 5.41) is 15.2. The molecule has 0 aliphatic rings. The molecule has 0 amide bonds. The molecule has 0 aromatic carbocycles. The third-order valence-electron chi connectivity index (χ3n) is 2.10. The third-order valence-corrected chi connectivity index (χ3v) is 3.31. The molecule has 0 fully saturated rings. The van der Waals surface area contributed by atoms with E-state index in [1.807, 2.05) is 19.2 Å². The lowest BCUT2D eigenvalue weighted by Gasteiger charge is -2.09. The van der Waals surface area contributed by atoms with Crippen LogP contribution in [-0.2, 0) is 12.0 Å². The second kappa shape index (κ2) is 5.24. The van der Waals surface area contributed by atoms with E-state index in [-0.39, 0.29) is 0 Å². The highest BCUT2D eigenvalue weighted by Crippen LogP contribution is 2.25. The highest BCUT2D eigenvalue weighted by atomic mass is 32.1. The third kappa shape index (κ3) is 3.29. The molecule has 3 nitrogen and oxygen atoms in total. The Kier molecular flexibility index (Phi) is 4.25. The fraction of sp³-hybridized carbons (Fsp3) is 0.636. The van der Waals surface area contributed by atoms with Crippen LogP contribution in [0.4, 0.5) is 0 Å². The van der Waals surface area contributed by atoms with Crippen molar-refractivity contribution in [2.75, 3.05) is 6.54 Å². The Morgan fingerprint density at radius 2 is 2.33 bits per heavy atom. The summed E-state index contributed by atoms with van der Waals surface area (Å²) in [4.78, 5) is 4.46. The number of thiazole rings is 1. The van der Waals surface area contributed by atoms with E-state index in [4.69, 9.17) is 5.26 Å². The average Bonchev–Trinajstić information content (AvgIpc) is 2.68. The van der Waals surface area contributed by atoms with Crippen molar-refractivity contribution in [1.29, 1.82) is 5.26 Å². The lowest BCUT2D eigenvalue weighted by molar-refractivity contribution is 0.647. The Morgan fingerprint density at radius 1 is 1.60 bits per heavy atom. The van der Waals surface area contributed by atoms with Crippen LogP contribution in [0.25, 0.3) is 0 Å². The normalized spacial score (nSPS) is 11.3. The van der Waals surface area contributed by atoms with Crippen LogP contribution in [0.2, 0.25) is 0 Å². The van der Waals surface area contributed by atoms with E-state index in [1.54, 1.807) is 11.3 Å². The Balaban J connectivity index is 2.61. The molecule has 1 heterocycles. The standard InChI is InChI=1S/C11H17N3S/c1-4-5-13-6-9-7-15-10(14-9)11(2,3)8-12/h7,13H,4-6H2,1-3H3. The SMILES string of the molecule is CCCNCc1csc(C(C)(C)C#N)n1. The molecule has 0 saturated carbocycles. The highest BCUT2D eigenvalue weighted by Gasteiger charge is 2.23. The first-order valence-electron chi connectivity index (χ1n) is 5.17. The zero-order chi connectivity index (χ0) is 11.3. The van der Waals surface area contributed by atoms with E-state index in [0.29, 0.717) is 0 Å². The van der Waals surface area contributed by atoms with Gasteiger partial charge in [-0.1, -0.05) is 6.92 Å². The van der Waals surface area contributed by atoms with Crippen molar-refractivity contribution in [2.24, 2.45) is 0 Å². The van der Waals surface area contributed by atoms with Crippen LogP contribution in [-0.4, -0.2) is 11.5 Å². The predicted octanol–water partition coefficient (Wildman–Crippen LogP) is 2.44. The Hall–Kier alpha value is -0.920. The monoisotopic (exact) mass is 223 g/mol. The molecule has 1 aromatic heterocycles. The van der Waals surface area contributed by atoms with Crippen molar-refractivity contribution in [3.8, 4) is 6.07 Å². The van der Waals surface area contributed by atoms with Crippen molar-refractivity contribution in [3.63, 3.8) is 0 Å². The lowest BCUT2D eigenvalue weighted by atomic mass is 9.97. The second-order valence-corrected chi connectivity index (χ2v) is 4.92. The van der Waals surface area contributed by atoms with E-state index >= 15 is 0 Å². The molecule has 0 spiro atoms. The molecular formula is C11H17N3S. The molecule has 0 saturated heterocycles. The van der Waals surface area contributed by atoms with Gasteiger partial charge in [-0.25, -0.2) is 4.98 Å². The molecule has 4 heteroatoms. The van der Waals surface area contributed by atoms with Crippen LogP contribution in [0.5, 0.6) is 0 Å². The van der Waals surface area contributed by atoms with Gasteiger partial charge in [0.1, 0.15) is 10.4 Å². The first kappa shape index (κ1) is 12.2. The predicted molar refractivity (Wildman–Crippen MR) is 62.8 cm³/mol. The maximum Gasteiger partial charge on any atom is 0.113 e. The van der Waals surface area contributed by atoms with Crippen LogP contribution in [0.1, 0.15) is 37.9 Å². The molecule has 82 valence electrons. The smallest absolute Gasteiger partial charge is 0.113 e. The summed E-state index contributed by atoms with van der Waals surface area (Å²) in [5.74, 6) is 0. The summed E-state index contributed by atoms with van der Waals surface area (Å²) in [6.45, 7) is 7.74. The van der Waals surface area contributed by atoms with Gasteiger partial charge in [0.15, 0.2) is 0 Å². The van der Waals surface area contributed by atoms with Crippen LogP contribution < -0.4 is 5.32 Å². The number of hydrogen-bond donors (Lipinski definition) is 1. The number of nitrogens with one attached hydrogen (secondary N) is 1. The van der Waals surface area contributed by atoms with Gasteiger partial charge in [0.05, 0.1) is 11.8 Å². The minimum atomic E-state index is -0.465. The molecule has 0 aliphatic carbocycles. The minimum absolute atomic E-state index is 0.465. The van der Waals surface area contributed by atoms with E-state index in [1.165, 1.54) is 0 Å². The van der Waals surface area contributed by atoms with E-state index < -0.39 is 5.41 Å². The zero-order valence-electron chi connectivity index (χ0n) is 9.50. The number of rotatable bonds is 5. The fourth-order valence-electron chi connectivity index (χ4n) is 1.12. The van der Waals surface area contributed by atoms with Gasteiger partial charge >= 0.3 is 0 Å². The minimum Gasteiger partial charge on any atom is -0.311 e. The molecule has 1 aromatic rings. The van der Waals surface area contributed by atoms with Crippen molar-refractivity contribution in [2.45, 2.75) is 39.2 Å². The molecular weight excluding hydrogens is 206 g/mol. The van der Waals surface area contributed by atoms with Crippen molar-refractivity contribution in [3.05, 3.63) is 16.1 Å². The molecule has 0 radical (unpaired) electrons. The second-order valence-electron chi connectivity index (χ2n) is 4.06. The Bertz CT molecular complexity index is 349. The van der Waals surface area contributed by atoms with Gasteiger partial charge in [-0.2, -0.15) is 5.26 Å². The van der Waals surface area contributed by atoms with E-state index in [0.717, 1.165) is 30.2 Å². The first-order valence-corrected chi connectivity index (χ1v) is 6.05. The Morgan fingerprint density at radius 3 is 2.93 bits per heavy atom. The summed E-state index contributed by atoms with van der Waals surface area (Å²) >= 11 is 1.57. The summed E-state index contributed by atoms with van der Waals surface area (Å²) in [7, 11) is 0. The number of nitrogens with zero attached hydrogens (tertiary/aromatic N) is 2. The number of hydrogen-bond acceptors (Lipinski definition) is 4. The first-order chi connectivity index (χ1) is 7.10. The van der Waals surface area contributed by atoms with Gasteiger partial charge in [0, 0.05) is 11.9 Å². The topological polar surface area (TPSA) is 48.7 Å².